The zero-order valence-corrected chi connectivity index (χ0v) is 11.8. The van der Waals surface area contributed by atoms with Crippen LogP contribution in [0.5, 0.6) is 0 Å². The van der Waals surface area contributed by atoms with E-state index in [1.807, 2.05) is 0 Å². The Bertz CT molecular complexity index is 333. The van der Waals surface area contributed by atoms with Gasteiger partial charge in [-0.3, -0.25) is 0 Å². The number of hydrogen-bond donors (Lipinski definition) is 0. The van der Waals surface area contributed by atoms with E-state index in [-0.39, 0.29) is 0 Å². The highest BCUT2D eigenvalue weighted by atomic mass is 16.5. The Balaban J connectivity index is 1.89. The molecule has 0 aliphatic carbocycles. The molecule has 1 heteroatoms. The van der Waals surface area contributed by atoms with E-state index in [2.05, 4.69) is 38.1 Å². The van der Waals surface area contributed by atoms with Crippen LogP contribution in [-0.2, 0) is 11.2 Å². The molecule has 1 nitrogen and oxygen atoms in total. The maximum atomic E-state index is 6.03. The van der Waals surface area contributed by atoms with Crippen LogP contribution in [0, 0.1) is 5.92 Å². The van der Waals surface area contributed by atoms with Crippen LogP contribution in [0.2, 0.25) is 0 Å². The molecule has 1 fully saturated rings. The normalized spacial score (nSPS) is 24.1. The first-order valence-corrected chi connectivity index (χ1v) is 7.54. The summed E-state index contributed by atoms with van der Waals surface area (Å²) in [5.41, 5.74) is 2.81. The first-order valence-electron chi connectivity index (χ1n) is 7.54. The van der Waals surface area contributed by atoms with Crippen molar-refractivity contribution in [2.45, 2.75) is 58.5 Å². The lowest BCUT2D eigenvalue weighted by Crippen LogP contribution is -2.20. The van der Waals surface area contributed by atoms with Gasteiger partial charge in [0, 0.05) is 0 Å². The van der Waals surface area contributed by atoms with Crippen molar-refractivity contribution in [1.82, 2.24) is 0 Å². The lowest BCUT2D eigenvalue weighted by atomic mass is 9.91. The summed E-state index contributed by atoms with van der Waals surface area (Å²) >= 11 is 0. The molecule has 0 saturated carbocycles. The molecule has 0 aromatic heterocycles. The Morgan fingerprint density at radius 1 is 1.06 bits per heavy atom. The molecule has 0 bridgehead atoms. The average Bonchev–Trinajstić information content (AvgIpc) is 2.41. The maximum Gasteiger partial charge on any atom is 0.0825 e. The van der Waals surface area contributed by atoms with E-state index in [1.165, 1.54) is 49.7 Å². The lowest BCUT2D eigenvalue weighted by Gasteiger charge is -2.29. The van der Waals surface area contributed by atoms with Crippen LogP contribution in [0.15, 0.2) is 24.3 Å². The molecule has 1 aliphatic rings. The van der Waals surface area contributed by atoms with Crippen molar-refractivity contribution in [3.63, 3.8) is 0 Å². The average molecular weight is 246 g/mol. The van der Waals surface area contributed by atoms with Gasteiger partial charge in [0.15, 0.2) is 0 Å². The number of benzene rings is 1. The van der Waals surface area contributed by atoms with Crippen LogP contribution < -0.4 is 0 Å². The van der Waals surface area contributed by atoms with Crippen molar-refractivity contribution in [2.24, 2.45) is 5.92 Å². The minimum atomic E-state index is 0.341. The van der Waals surface area contributed by atoms with Gasteiger partial charge in [0.05, 0.1) is 12.7 Å². The summed E-state index contributed by atoms with van der Waals surface area (Å²) in [7, 11) is 0. The minimum Gasteiger partial charge on any atom is -0.373 e. The van der Waals surface area contributed by atoms with Crippen LogP contribution in [0.4, 0.5) is 0 Å². The second-order valence-corrected chi connectivity index (χ2v) is 5.55. The summed E-state index contributed by atoms with van der Waals surface area (Å²) in [6.07, 6.45) is 7.87. The minimum absolute atomic E-state index is 0.341. The predicted octanol–water partition coefficient (Wildman–Crippen LogP) is 4.91. The fraction of sp³-hybridized carbons (Fsp3) is 0.647. The quantitative estimate of drug-likeness (QED) is 0.717. The molecule has 0 amide bonds. The fourth-order valence-corrected chi connectivity index (χ4v) is 2.89. The first kappa shape index (κ1) is 13.6. The SMILES string of the molecule is CCCc1ccc(C2CCC(CCC)CO2)cc1. The molecule has 2 rings (SSSR count). The largest absolute Gasteiger partial charge is 0.373 e. The molecule has 2 unspecified atom stereocenters. The number of ether oxygens (including phenoxy) is 1. The van der Waals surface area contributed by atoms with Crippen molar-refractivity contribution < 1.29 is 4.74 Å². The maximum absolute atomic E-state index is 6.03. The van der Waals surface area contributed by atoms with Crippen molar-refractivity contribution in [2.75, 3.05) is 6.61 Å². The van der Waals surface area contributed by atoms with E-state index < -0.39 is 0 Å². The molecular weight excluding hydrogens is 220 g/mol. The topological polar surface area (TPSA) is 9.23 Å². The number of rotatable bonds is 5. The van der Waals surface area contributed by atoms with Crippen molar-refractivity contribution in [3.05, 3.63) is 35.4 Å². The van der Waals surface area contributed by atoms with Gasteiger partial charge in [0.25, 0.3) is 0 Å². The van der Waals surface area contributed by atoms with Gasteiger partial charge in [-0.1, -0.05) is 51.0 Å². The molecule has 1 saturated heterocycles. The van der Waals surface area contributed by atoms with Gasteiger partial charge < -0.3 is 4.74 Å². The fourth-order valence-electron chi connectivity index (χ4n) is 2.89. The summed E-state index contributed by atoms with van der Waals surface area (Å²) in [4.78, 5) is 0. The third-order valence-corrected chi connectivity index (χ3v) is 3.96. The summed E-state index contributed by atoms with van der Waals surface area (Å²) < 4.78 is 6.03. The second kappa shape index (κ2) is 6.94. The zero-order valence-electron chi connectivity index (χ0n) is 11.8. The van der Waals surface area contributed by atoms with Gasteiger partial charge in [-0.05, 0) is 42.7 Å². The van der Waals surface area contributed by atoms with Gasteiger partial charge in [-0.2, -0.15) is 0 Å². The Morgan fingerprint density at radius 3 is 2.39 bits per heavy atom. The number of hydrogen-bond acceptors (Lipinski definition) is 1. The molecule has 1 aromatic rings. The standard InChI is InChI=1S/C17H26O/c1-3-5-14-7-10-16(11-8-14)17-12-9-15(6-4-2)13-18-17/h7-8,10-11,15,17H,3-6,9,12-13H2,1-2H3. The van der Waals surface area contributed by atoms with E-state index in [4.69, 9.17) is 4.74 Å². The molecule has 0 spiro atoms. The van der Waals surface area contributed by atoms with Crippen molar-refractivity contribution in [1.29, 1.82) is 0 Å². The highest BCUT2D eigenvalue weighted by molar-refractivity contribution is 5.24. The van der Waals surface area contributed by atoms with Gasteiger partial charge in [0.1, 0.15) is 0 Å². The Labute approximate surface area is 112 Å². The van der Waals surface area contributed by atoms with Crippen molar-refractivity contribution >= 4 is 0 Å². The van der Waals surface area contributed by atoms with Crippen LogP contribution in [-0.4, -0.2) is 6.61 Å². The summed E-state index contributed by atoms with van der Waals surface area (Å²) in [6, 6.07) is 9.05. The second-order valence-electron chi connectivity index (χ2n) is 5.55. The molecular formula is C17H26O. The van der Waals surface area contributed by atoms with E-state index in [0.29, 0.717) is 6.10 Å². The van der Waals surface area contributed by atoms with Crippen LogP contribution in [0.3, 0.4) is 0 Å². The molecule has 0 N–H and O–H groups in total. The molecule has 1 aromatic carbocycles. The third kappa shape index (κ3) is 3.58. The third-order valence-electron chi connectivity index (χ3n) is 3.96. The van der Waals surface area contributed by atoms with Gasteiger partial charge in [-0.25, -0.2) is 0 Å². The molecule has 2 atom stereocenters. The Morgan fingerprint density at radius 2 is 1.83 bits per heavy atom. The number of aryl methyl sites for hydroxylation is 1. The van der Waals surface area contributed by atoms with Crippen LogP contribution in [0.25, 0.3) is 0 Å². The smallest absolute Gasteiger partial charge is 0.0825 e. The van der Waals surface area contributed by atoms with Gasteiger partial charge in [0.2, 0.25) is 0 Å². The zero-order chi connectivity index (χ0) is 12.8. The molecule has 0 radical (unpaired) electrons. The summed E-state index contributed by atoms with van der Waals surface area (Å²) in [5, 5.41) is 0. The van der Waals surface area contributed by atoms with Crippen molar-refractivity contribution in [3.8, 4) is 0 Å². The van der Waals surface area contributed by atoms with E-state index in [1.54, 1.807) is 0 Å². The Kier molecular flexibility index (Phi) is 5.25. The van der Waals surface area contributed by atoms with E-state index >= 15 is 0 Å². The highest BCUT2D eigenvalue weighted by Gasteiger charge is 2.22. The summed E-state index contributed by atoms with van der Waals surface area (Å²) in [6.45, 7) is 5.44. The molecule has 1 aliphatic heterocycles. The lowest BCUT2D eigenvalue weighted by molar-refractivity contribution is -0.0194. The molecule has 1 heterocycles. The Hall–Kier alpha value is -0.820. The molecule has 18 heavy (non-hydrogen) atoms. The van der Waals surface area contributed by atoms with Crippen LogP contribution in [0.1, 0.15) is 63.2 Å². The first-order chi connectivity index (χ1) is 8.83. The van der Waals surface area contributed by atoms with Gasteiger partial charge in [-0.15, -0.1) is 0 Å². The monoisotopic (exact) mass is 246 g/mol. The van der Waals surface area contributed by atoms with Gasteiger partial charge >= 0.3 is 0 Å². The molecule has 100 valence electrons. The predicted molar refractivity (Wildman–Crippen MR) is 76.8 cm³/mol. The van der Waals surface area contributed by atoms with Crippen LogP contribution >= 0.6 is 0 Å². The summed E-state index contributed by atoms with van der Waals surface area (Å²) in [5.74, 6) is 0.797. The van der Waals surface area contributed by atoms with E-state index in [9.17, 15) is 0 Å². The van der Waals surface area contributed by atoms with E-state index in [0.717, 1.165) is 12.5 Å². The highest BCUT2D eigenvalue weighted by Crippen LogP contribution is 2.32.